The van der Waals surface area contributed by atoms with Crippen molar-refractivity contribution in [2.75, 3.05) is 18.5 Å². The number of amides is 1. The Hall–Kier alpha value is -3.78. The van der Waals surface area contributed by atoms with E-state index in [1.54, 1.807) is 6.08 Å². The maximum Gasteiger partial charge on any atom is 0.266 e. The number of aryl methyl sites for hydroxylation is 1. The highest BCUT2D eigenvalue weighted by molar-refractivity contribution is 6.11. The molecule has 0 spiro atoms. The molecule has 0 heterocycles. The van der Waals surface area contributed by atoms with Crippen LogP contribution in [0.15, 0.2) is 60.2 Å². The zero-order chi connectivity index (χ0) is 22.2. The number of benzene rings is 3. The number of nitriles is 1. The van der Waals surface area contributed by atoms with E-state index in [2.05, 4.69) is 5.32 Å². The van der Waals surface area contributed by atoms with Gasteiger partial charge in [-0.1, -0.05) is 37.3 Å². The molecule has 3 rings (SSSR count). The molecule has 0 aromatic heterocycles. The fourth-order valence-electron chi connectivity index (χ4n) is 3.42. The molecule has 1 N–H and O–H groups in total. The Balaban J connectivity index is 2.08. The Labute approximate surface area is 182 Å². The highest BCUT2D eigenvalue weighted by Crippen LogP contribution is 2.33. The molecule has 0 atom stereocenters. The molecule has 158 valence electrons. The van der Waals surface area contributed by atoms with Crippen LogP contribution in [0, 0.1) is 11.3 Å². The van der Waals surface area contributed by atoms with Crippen LogP contribution in [0.4, 0.5) is 5.69 Å². The molecule has 3 aromatic carbocycles. The van der Waals surface area contributed by atoms with Gasteiger partial charge in [-0.15, -0.1) is 0 Å². The van der Waals surface area contributed by atoms with E-state index in [4.69, 9.17) is 9.47 Å². The molecule has 0 aliphatic carbocycles. The molecule has 1 amide bonds. The summed E-state index contributed by atoms with van der Waals surface area (Å²) in [6, 6.07) is 19.2. The molecule has 0 radical (unpaired) electrons. The third kappa shape index (κ3) is 5.04. The molecule has 0 unspecified atom stereocenters. The van der Waals surface area contributed by atoms with Crippen LogP contribution in [-0.2, 0) is 11.2 Å². The summed E-state index contributed by atoms with van der Waals surface area (Å²) in [5.74, 6) is 0.875. The summed E-state index contributed by atoms with van der Waals surface area (Å²) in [5.41, 5.74) is 2.39. The Morgan fingerprint density at radius 1 is 1.03 bits per heavy atom. The maximum absolute atomic E-state index is 12.9. The minimum Gasteiger partial charge on any atom is -0.494 e. The largest absolute Gasteiger partial charge is 0.494 e. The fourth-order valence-corrected chi connectivity index (χ4v) is 3.42. The van der Waals surface area contributed by atoms with Gasteiger partial charge in [0, 0.05) is 11.3 Å². The number of nitrogens with zero attached hydrogens (tertiary/aromatic N) is 1. The lowest BCUT2D eigenvalue weighted by Crippen LogP contribution is -2.14. The van der Waals surface area contributed by atoms with E-state index in [1.807, 2.05) is 81.4 Å². The highest BCUT2D eigenvalue weighted by atomic mass is 16.5. The van der Waals surface area contributed by atoms with Crippen LogP contribution in [0.25, 0.3) is 16.8 Å². The predicted molar refractivity (Wildman–Crippen MR) is 124 cm³/mol. The number of ether oxygens (including phenoxy) is 2. The first-order valence-corrected chi connectivity index (χ1v) is 10.4. The molecule has 0 saturated carbocycles. The van der Waals surface area contributed by atoms with Gasteiger partial charge in [0.25, 0.3) is 5.91 Å². The summed E-state index contributed by atoms with van der Waals surface area (Å²) in [6.45, 7) is 6.86. The van der Waals surface area contributed by atoms with Crippen LogP contribution in [0.3, 0.4) is 0 Å². The van der Waals surface area contributed by atoms with E-state index in [9.17, 15) is 10.1 Å². The summed E-state index contributed by atoms with van der Waals surface area (Å²) < 4.78 is 11.4. The van der Waals surface area contributed by atoms with Gasteiger partial charge in [-0.3, -0.25) is 4.79 Å². The van der Waals surface area contributed by atoms with Gasteiger partial charge >= 0.3 is 0 Å². The lowest BCUT2D eigenvalue weighted by Gasteiger charge is -2.13. The lowest BCUT2D eigenvalue weighted by molar-refractivity contribution is -0.112. The Morgan fingerprint density at radius 2 is 1.77 bits per heavy atom. The Morgan fingerprint density at radius 3 is 2.48 bits per heavy atom. The van der Waals surface area contributed by atoms with E-state index in [1.165, 1.54) is 0 Å². The number of carbonyl (C=O) groups is 1. The van der Waals surface area contributed by atoms with E-state index in [0.717, 1.165) is 28.5 Å². The smallest absolute Gasteiger partial charge is 0.266 e. The minimum absolute atomic E-state index is 0.00109. The molecule has 5 nitrogen and oxygen atoms in total. The van der Waals surface area contributed by atoms with Gasteiger partial charge in [-0.05, 0) is 66.9 Å². The van der Waals surface area contributed by atoms with Gasteiger partial charge in [0.2, 0.25) is 0 Å². The number of carbonyl (C=O) groups excluding carboxylic acids is 1. The first-order chi connectivity index (χ1) is 15.1. The van der Waals surface area contributed by atoms with E-state index >= 15 is 0 Å². The number of anilines is 1. The second kappa shape index (κ2) is 10.3. The molecule has 5 heteroatoms. The average Bonchev–Trinajstić information content (AvgIpc) is 2.79. The van der Waals surface area contributed by atoms with Crippen LogP contribution in [0.1, 0.15) is 31.9 Å². The van der Waals surface area contributed by atoms with Gasteiger partial charge in [-0.25, -0.2) is 0 Å². The molecule has 31 heavy (non-hydrogen) atoms. The van der Waals surface area contributed by atoms with Gasteiger partial charge in [-0.2, -0.15) is 5.26 Å². The zero-order valence-corrected chi connectivity index (χ0v) is 18.1. The number of para-hydroxylation sites is 1. The van der Waals surface area contributed by atoms with Crippen molar-refractivity contribution >= 4 is 28.4 Å². The van der Waals surface area contributed by atoms with Crippen molar-refractivity contribution in [2.45, 2.75) is 27.2 Å². The molecular weight excluding hydrogens is 388 g/mol. The topological polar surface area (TPSA) is 71.3 Å². The lowest BCUT2D eigenvalue weighted by atomic mass is 10.0. The minimum atomic E-state index is -0.455. The van der Waals surface area contributed by atoms with Crippen molar-refractivity contribution in [1.29, 1.82) is 5.26 Å². The second-order valence-electron chi connectivity index (χ2n) is 6.86. The van der Waals surface area contributed by atoms with E-state index in [-0.39, 0.29) is 5.57 Å². The second-order valence-corrected chi connectivity index (χ2v) is 6.86. The molecule has 0 fully saturated rings. The quantitative estimate of drug-likeness (QED) is 0.377. The SMILES string of the molecule is CCOc1ccc2ccc(OCC)c(/C=C(/C#N)C(=O)Nc3ccccc3CC)c2c1. The maximum atomic E-state index is 12.9. The predicted octanol–water partition coefficient (Wildman–Crippen LogP) is 5.75. The van der Waals surface area contributed by atoms with Crippen molar-refractivity contribution in [3.63, 3.8) is 0 Å². The number of rotatable bonds is 8. The fraction of sp³-hybridized carbons (Fsp3) is 0.231. The van der Waals surface area contributed by atoms with Gasteiger partial charge in [0.1, 0.15) is 23.1 Å². The van der Waals surface area contributed by atoms with E-state index < -0.39 is 5.91 Å². The number of fused-ring (bicyclic) bond motifs is 1. The molecular formula is C26H26N2O3. The summed E-state index contributed by atoms with van der Waals surface area (Å²) in [4.78, 5) is 12.9. The van der Waals surface area contributed by atoms with Crippen LogP contribution in [0.5, 0.6) is 11.5 Å². The van der Waals surface area contributed by atoms with E-state index in [0.29, 0.717) is 30.2 Å². The molecule has 3 aromatic rings. The third-order valence-electron chi connectivity index (χ3n) is 4.91. The number of nitrogens with one attached hydrogen (secondary N) is 1. The normalized spacial score (nSPS) is 11.1. The van der Waals surface area contributed by atoms with Crippen LogP contribution >= 0.6 is 0 Å². The van der Waals surface area contributed by atoms with Crippen molar-refractivity contribution < 1.29 is 14.3 Å². The number of hydrogen-bond acceptors (Lipinski definition) is 4. The summed E-state index contributed by atoms with van der Waals surface area (Å²) in [5, 5.41) is 14.4. The first kappa shape index (κ1) is 21.9. The molecule has 0 bridgehead atoms. The Bertz CT molecular complexity index is 1150. The van der Waals surface area contributed by atoms with Crippen molar-refractivity contribution in [1.82, 2.24) is 0 Å². The van der Waals surface area contributed by atoms with Gasteiger partial charge in [0.15, 0.2) is 0 Å². The average molecular weight is 415 g/mol. The Kier molecular flexibility index (Phi) is 7.29. The molecule has 0 aliphatic rings. The van der Waals surface area contributed by atoms with Crippen LogP contribution in [-0.4, -0.2) is 19.1 Å². The molecule has 0 aliphatic heterocycles. The van der Waals surface area contributed by atoms with Crippen molar-refractivity contribution in [3.05, 3.63) is 71.3 Å². The highest BCUT2D eigenvalue weighted by Gasteiger charge is 2.15. The van der Waals surface area contributed by atoms with Crippen molar-refractivity contribution in [3.8, 4) is 17.6 Å². The van der Waals surface area contributed by atoms with Gasteiger partial charge in [0.05, 0.1) is 13.2 Å². The monoisotopic (exact) mass is 414 g/mol. The number of hydrogen-bond donors (Lipinski definition) is 1. The standard InChI is InChI=1S/C26H26N2O3/c1-4-18-9-7-8-10-24(18)28-26(29)20(17-27)15-23-22-16-21(30-5-2)13-11-19(22)12-14-25(23)31-6-3/h7-16H,4-6H2,1-3H3,(H,28,29)/b20-15-. The molecule has 0 saturated heterocycles. The first-order valence-electron chi connectivity index (χ1n) is 10.4. The van der Waals surface area contributed by atoms with Crippen molar-refractivity contribution in [2.24, 2.45) is 0 Å². The summed E-state index contributed by atoms with van der Waals surface area (Å²) >= 11 is 0. The third-order valence-corrected chi connectivity index (χ3v) is 4.91. The van der Waals surface area contributed by atoms with Crippen LogP contribution < -0.4 is 14.8 Å². The van der Waals surface area contributed by atoms with Gasteiger partial charge < -0.3 is 14.8 Å². The summed E-state index contributed by atoms with van der Waals surface area (Å²) in [6.07, 6.45) is 2.37. The summed E-state index contributed by atoms with van der Waals surface area (Å²) in [7, 11) is 0. The van der Waals surface area contributed by atoms with Crippen LogP contribution in [0.2, 0.25) is 0 Å². The zero-order valence-electron chi connectivity index (χ0n) is 18.1.